The number of hydrogen-bond donors (Lipinski definition) is 2. The van der Waals surface area contributed by atoms with Crippen molar-refractivity contribution < 1.29 is 14.3 Å². The van der Waals surface area contributed by atoms with Gasteiger partial charge in [0.05, 0.1) is 5.54 Å². The second-order valence-electron chi connectivity index (χ2n) is 4.82. The average Bonchev–Trinajstić information content (AvgIpc) is 2.45. The number of phenolic OH excluding ortho intramolecular Hbond substituents is 1. The van der Waals surface area contributed by atoms with E-state index in [1.807, 2.05) is 30.3 Å². The minimum atomic E-state index is -0.964. The Labute approximate surface area is 116 Å². The zero-order valence-electron chi connectivity index (χ0n) is 10.9. The first-order valence-corrected chi connectivity index (χ1v) is 6.31. The fraction of sp³-hybridized carbons (Fsp3) is 0.188. The second kappa shape index (κ2) is 5.84. The van der Waals surface area contributed by atoms with Crippen molar-refractivity contribution in [3.8, 4) is 5.75 Å². The van der Waals surface area contributed by atoms with E-state index in [-0.39, 0.29) is 12.8 Å². The van der Waals surface area contributed by atoms with Crippen LogP contribution < -0.4 is 5.73 Å². The van der Waals surface area contributed by atoms with Gasteiger partial charge in [-0.15, -0.1) is 0 Å². The number of benzene rings is 2. The summed E-state index contributed by atoms with van der Waals surface area (Å²) in [6.07, 6.45) is 1.01. The number of rotatable bonds is 5. The molecular weight excluding hydrogens is 257 g/mol. The van der Waals surface area contributed by atoms with Crippen LogP contribution in [0.3, 0.4) is 0 Å². The van der Waals surface area contributed by atoms with Crippen molar-refractivity contribution in [3.63, 3.8) is 0 Å². The lowest BCUT2D eigenvalue weighted by Crippen LogP contribution is -2.39. The van der Waals surface area contributed by atoms with E-state index in [1.54, 1.807) is 6.07 Å². The molecule has 0 fully saturated rings. The number of aldehydes is 1. The largest absolute Gasteiger partial charge is 0.505 e. The SMILES string of the molecule is NC(CC=O)(Cc1cccc(F)c1O)c1ccccc1. The summed E-state index contributed by atoms with van der Waals surface area (Å²) in [5.74, 6) is -1.10. The Morgan fingerprint density at radius 2 is 1.85 bits per heavy atom. The van der Waals surface area contributed by atoms with Gasteiger partial charge in [-0.25, -0.2) is 4.39 Å². The molecule has 0 spiro atoms. The van der Waals surface area contributed by atoms with Gasteiger partial charge >= 0.3 is 0 Å². The fourth-order valence-electron chi connectivity index (χ4n) is 2.25. The summed E-state index contributed by atoms with van der Waals surface area (Å²) >= 11 is 0. The number of carbonyl (C=O) groups is 1. The van der Waals surface area contributed by atoms with Crippen molar-refractivity contribution in [3.05, 3.63) is 65.5 Å². The molecule has 20 heavy (non-hydrogen) atoms. The molecule has 3 N–H and O–H groups in total. The maximum Gasteiger partial charge on any atom is 0.165 e. The standard InChI is InChI=1S/C16H16FNO2/c17-14-8-4-5-12(15(14)20)11-16(18,9-10-19)13-6-2-1-3-7-13/h1-8,10,20H,9,11,18H2. The van der Waals surface area contributed by atoms with E-state index in [1.165, 1.54) is 12.1 Å². The van der Waals surface area contributed by atoms with Gasteiger partial charge in [0.2, 0.25) is 0 Å². The van der Waals surface area contributed by atoms with Crippen LogP contribution in [0.2, 0.25) is 0 Å². The summed E-state index contributed by atoms with van der Waals surface area (Å²) in [6, 6.07) is 13.4. The van der Waals surface area contributed by atoms with E-state index < -0.39 is 17.1 Å². The van der Waals surface area contributed by atoms with E-state index >= 15 is 0 Å². The van der Waals surface area contributed by atoms with Crippen molar-refractivity contribution in [1.82, 2.24) is 0 Å². The molecule has 0 amide bonds. The molecule has 0 saturated carbocycles. The summed E-state index contributed by atoms with van der Waals surface area (Å²) < 4.78 is 13.4. The summed E-state index contributed by atoms with van der Waals surface area (Å²) in [7, 11) is 0. The molecule has 104 valence electrons. The van der Waals surface area contributed by atoms with E-state index in [0.717, 1.165) is 11.8 Å². The van der Waals surface area contributed by atoms with Crippen LogP contribution in [0.4, 0.5) is 4.39 Å². The third-order valence-electron chi connectivity index (χ3n) is 3.37. The van der Waals surface area contributed by atoms with Gasteiger partial charge in [-0.1, -0.05) is 42.5 Å². The zero-order chi connectivity index (χ0) is 14.6. The summed E-state index contributed by atoms with van der Waals surface area (Å²) in [6.45, 7) is 0. The van der Waals surface area contributed by atoms with Gasteiger partial charge in [0.1, 0.15) is 6.29 Å². The zero-order valence-corrected chi connectivity index (χ0v) is 10.9. The smallest absolute Gasteiger partial charge is 0.165 e. The number of aromatic hydroxyl groups is 1. The van der Waals surface area contributed by atoms with Crippen LogP contribution in [0, 0.1) is 5.82 Å². The van der Waals surface area contributed by atoms with Gasteiger partial charge in [-0.05, 0) is 23.6 Å². The van der Waals surface area contributed by atoms with Crippen LogP contribution >= 0.6 is 0 Å². The quantitative estimate of drug-likeness (QED) is 0.823. The molecule has 4 heteroatoms. The molecule has 1 atom stereocenters. The van der Waals surface area contributed by atoms with E-state index in [0.29, 0.717) is 5.56 Å². The first-order valence-electron chi connectivity index (χ1n) is 6.31. The minimum Gasteiger partial charge on any atom is -0.505 e. The third kappa shape index (κ3) is 2.86. The van der Waals surface area contributed by atoms with Gasteiger partial charge in [-0.3, -0.25) is 0 Å². The van der Waals surface area contributed by atoms with Gasteiger partial charge in [0, 0.05) is 6.42 Å². The van der Waals surface area contributed by atoms with Crippen LogP contribution in [0.5, 0.6) is 5.75 Å². The Bertz CT molecular complexity index is 601. The van der Waals surface area contributed by atoms with Gasteiger partial charge < -0.3 is 15.6 Å². The first kappa shape index (κ1) is 14.2. The Morgan fingerprint density at radius 1 is 1.15 bits per heavy atom. The van der Waals surface area contributed by atoms with Crippen LogP contribution in [0.25, 0.3) is 0 Å². The highest BCUT2D eigenvalue weighted by molar-refractivity contribution is 5.54. The molecule has 0 radical (unpaired) electrons. The normalized spacial score (nSPS) is 13.7. The van der Waals surface area contributed by atoms with Crippen LogP contribution in [0.15, 0.2) is 48.5 Å². The number of phenols is 1. The van der Waals surface area contributed by atoms with Crippen LogP contribution in [-0.4, -0.2) is 11.4 Å². The lowest BCUT2D eigenvalue weighted by Gasteiger charge is -2.28. The molecule has 0 bridgehead atoms. The van der Waals surface area contributed by atoms with Crippen molar-refractivity contribution in [2.24, 2.45) is 5.73 Å². The Hall–Kier alpha value is -2.20. The first-order chi connectivity index (χ1) is 9.57. The number of carbonyl (C=O) groups excluding carboxylic acids is 1. The van der Waals surface area contributed by atoms with E-state index in [2.05, 4.69) is 0 Å². The molecule has 2 aromatic rings. The molecular formula is C16H16FNO2. The highest BCUT2D eigenvalue weighted by Crippen LogP contribution is 2.30. The fourth-order valence-corrected chi connectivity index (χ4v) is 2.25. The Balaban J connectivity index is 2.39. The number of nitrogens with two attached hydrogens (primary N) is 1. The molecule has 0 aliphatic rings. The number of para-hydroxylation sites is 1. The molecule has 1 unspecified atom stereocenters. The van der Waals surface area contributed by atoms with Crippen molar-refractivity contribution >= 4 is 6.29 Å². The van der Waals surface area contributed by atoms with Crippen LogP contribution in [0.1, 0.15) is 17.5 Å². The predicted molar refractivity (Wildman–Crippen MR) is 74.8 cm³/mol. The van der Waals surface area contributed by atoms with Crippen molar-refractivity contribution in [2.75, 3.05) is 0 Å². The van der Waals surface area contributed by atoms with Crippen molar-refractivity contribution in [2.45, 2.75) is 18.4 Å². The number of halogens is 1. The van der Waals surface area contributed by atoms with Gasteiger partial charge in [0.15, 0.2) is 11.6 Å². The van der Waals surface area contributed by atoms with Gasteiger partial charge in [-0.2, -0.15) is 0 Å². The molecule has 2 rings (SSSR count). The molecule has 3 nitrogen and oxygen atoms in total. The maximum atomic E-state index is 13.4. The van der Waals surface area contributed by atoms with Gasteiger partial charge in [0.25, 0.3) is 0 Å². The molecule has 0 aromatic heterocycles. The predicted octanol–water partition coefficient (Wildman–Crippen LogP) is 2.52. The average molecular weight is 273 g/mol. The molecule has 0 aliphatic carbocycles. The molecule has 0 saturated heterocycles. The maximum absolute atomic E-state index is 13.4. The summed E-state index contributed by atoms with van der Waals surface area (Å²) in [5, 5.41) is 9.76. The molecule has 0 aliphatic heterocycles. The lowest BCUT2D eigenvalue weighted by atomic mass is 9.82. The highest BCUT2D eigenvalue weighted by Gasteiger charge is 2.28. The minimum absolute atomic E-state index is 0.0902. The molecule has 2 aromatic carbocycles. The third-order valence-corrected chi connectivity index (χ3v) is 3.37. The Morgan fingerprint density at radius 3 is 2.50 bits per heavy atom. The van der Waals surface area contributed by atoms with E-state index in [4.69, 9.17) is 5.73 Å². The summed E-state index contributed by atoms with van der Waals surface area (Å²) in [5.41, 5.74) is 6.51. The monoisotopic (exact) mass is 273 g/mol. The second-order valence-corrected chi connectivity index (χ2v) is 4.82. The van der Waals surface area contributed by atoms with Crippen molar-refractivity contribution in [1.29, 1.82) is 0 Å². The van der Waals surface area contributed by atoms with Crippen LogP contribution in [-0.2, 0) is 16.8 Å². The Kier molecular flexibility index (Phi) is 4.15. The van der Waals surface area contributed by atoms with E-state index in [9.17, 15) is 14.3 Å². The highest BCUT2D eigenvalue weighted by atomic mass is 19.1. The molecule has 0 heterocycles. The topological polar surface area (TPSA) is 63.3 Å². The summed E-state index contributed by atoms with van der Waals surface area (Å²) in [4.78, 5) is 10.9. The number of hydrogen-bond acceptors (Lipinski definition) is 3. The lowest BCUT2D eigenvalue weighted by molar-refractivity contribution is -0.108.